The number of carboxylic acids is 1. The van der Waals surface area contributed by atoms with Crippen molar-refractivity contribution in [2.45, 2.75) is 0 Å². The van der Waals surface area contributed by atoms with Gasteiger partial charge in [0.1, 0.15) is 0 Å². The van der Waals surface area contributed by atoms with Crippen LogP contribution < -0.4 is 0 Å². The molecule has 0 aromatic carbocycles. The van der Waals surface area contributed by atoms with Crippen LogP contribution in [-0.4, -0.2) is 22.6 Å². The Morgan fingerprint density at radius 2 is 2.43 bits per heavy atom. The first kappa shape index (κ1) is 6.82. The molecule has 0 rings (SSSR count). The molecule has 0 aromatic heterocycles. The second kappa shape index (κ2) is 3.99. The fraction of sp³-hybridized carbons (Fsp3) is 0.500. The van der Waals surface area contributed by atoms with Crippen LogP contribution in [0.1, 0.15) is 0 Å². The van der Waals surface area contributed by atoms with Gasteiger partial charge in [0.05, 0.1) is 5.75 Å². The van der Waals surface area contributed by atoms with Crippen molar-refractivity contribution in [1.29, 1.82) is 0 Å². The van der Waals surface area contributed by atoms with E-state index in [1.54, 1.807) is 0 Å². The molecule has 0 atom stereocenters. The predicted molar refractivity (Wildman–Crippen MR) is 30.3 cm³/mol. The molecule has 0 heterocycles. The molecule has 2 nitrogen and oxygen atoms in total. The maximum absolute atomic E-state index is 9.71. The van der Waals surface area contributed by atoms with Crippen LogP contribution in [0.25, 0.3) is 0 Å². The molecular formula is C4H7O2S. The number of carbonyl (C=O) groups is 1. The van der Waals surface area contributed by atoms with Gasteiger partial charge in [0.15, 0.2) is 0 Å². The van der Waals surface area contributed by atoms with Crippen LogP contribution >= 0.6 is 11.8 Å². The monoisotopic (exact) mass is 119 g/mol. The Morgan fingerprint density at radius 3 is 2.57 bits per heavy atom. The van der Waals surface area contributed by atoms with E-state index in [2.05, 4.69) is 6.92 Å². The zero-order valence-electron chi connectivity index (χ0n) is 3.89. The molecular weight excluding hydrogens is 112 g/mol. The fourth-order valence-corrected chi connectivity index (χ4v) is 0.478. The van der Waals surface area contributed by atoms with Crippen LogP contribution in [0, 0.1) is 6.92 Å². The molecule has 0 fully saturated rings. The molecule has 0 amide bonds. The summed E-state index contributed by atoms with van der Waals surface area (Å²) in [6.07, 6.45) is 0. The number of hydrogen-bond donors (Lipinski definition) is 1. The lowest BCUT2D eigenvalue weighted by Gasteiger charge is -1.86. The summed E-state index contributed by atoms with van der Waals surface area (Å²) in [6.45, 7) is 3.46. The van der Waals surface area contributed by atoms with Crippen molar-refractivity contribution in [2.24, 2.45) is 0 Å². The van der Waals surface area contributed by atoms with E-state index in [1.807, 2.05) is 0 Å². The summed E-state index contributed by atoms with van der Waals surface area (Å²) in [5, 5.41) is 8.00. The van der Waals surface area contributed by atoms with Crippen LogP contribution in [0.5, 0.6) is 0 Å². The zero-order chi connectivity index (χ0) is 5.70. The van der Waals surface area contributed by atoms with Crippen LogP contribution in [-0.2, 0) is 4.79 Å². The number of rotatable bonds is 3. The molecule has 7 heavy (non-hydrogen) atoms. The molecule has 0 aliphatic carbocycles. The molecule has 0 unspecified atom stereocenters. The first-order valence-corrected chi connectivity index (χ1v) is 3.01. The third-order valence-corrected chi connectivity index (χ3v) is 1.11. The lowest BCUT2D eigenvalue weighted by molar-refractivity contribution is -0.133. The SMILES string of the molecule is [CH2]CSCC(=O)O. The van der Waals surface area contributed by atoms with Gasteiger partial charge in [-0.3, -0.25) is 4.79 Å². The van der Waals surface area contributed by atoms with Crippen molar-refractivity contribution in [1.82, 2.24) is 0 Å². The third kappa shape index (κ3) is 5.82. The Balaban J connectivity index is 2.82. The molecule has 0 aliphatic heterocycles. The van der Waals surface area contributed by atoms with E-state index >= 15 is 0 Å². The summed E-state index contributed by atoms with van der Waals surface area (Å²) in [5.74, 6) is 0.0316. The molecule has 41 valence electrons. The largest absolute Gasteiger partial charge is 0.481 e. The van der Waals surface area contributed by atoms with Crippen molar-refractivity contribution in [2.75, 3.05) is 11.5 Å². The second-order valence-corrected chi connectivity index (χ2v) is 2.05. The summed E-state index contributed by atoms with van der Waals surface area (Å²) in [4.78, 5) is 9.71. The predicted octanol–water partition coefficient (Wildman–Crippen LogP) is 0.638. The van der Waals surface area contributed by atoms with Crippen molar-refractivity contribution < 1.29 is 9.90 Å². The molecule has 1 N–H and O–H groups in total. The molecule has 3 heteroatoms. The van der Waals surface area contributed by atoms with Crippen LogP contribution in [0.15, 0.2) is 0 Å². The van der Waals surface area contributed by atoms with Gasteiger partial charge in [0.2, 0.25) is 0 Å². The Labute approximate surface area is 46.9 Å². The summed E-state index contributed by atoms with van der Waals surface area (Å²) in [7, 11) is 0. The number of hydrogen-bond acceptors (Lipinski definition) is 2. The highest BCUT2D eigenvalue weighted by Crippen LogP contribution is 1.94. The van der Waals surface area contributed by atoms with Gasteiger partial charge >= 0.3 is 5.97 Å². The number of carboxylic acid groups (broad SMARTS) is 1. The highest BCUT2D eigenvalue weighted by molar-refractivity contribution is 7.99. The fourth-order valence-electron chi connectivity index (χ4n) is 0.159. The summed E-state index contributed by atoms with van der Waals surface area (Å²) < 4.78 is 0. The minimum absolute atomic E-state index is 0.170. The molecule has 0 aromatic rings. The standard InChI is InChI=1S/C4H7O2S/c1-2-7-3-4(5)6/h1-3H2,(H,5,6). The quantitative estimate of drug-likeness (QED) is 0.592. The van der Waals surface area contributed by atoms with E-state index < -0.39 is 5.97 Å². The molecule has 0 aliphatic rings. The maximum Gasteiger partial charge on any atom is 0.313 e. The Bertz CT molecular complexity index is 62.7. The van der Waals surface area contributed by atoms with Gasteiger partial charge in [-0.15, -0.1) is 0 Å². The van der Waals surface area contributed by atoms with Gasteiger partial charge in [-0.1, -0.05) is 0 Å². The van der Waals surface area contributed by atoms with Crippen molar-refractivity contribution in [3.05, 3.63) is 6.92 Å². The van der Waals surface area contributed by atoms with Gasteiger partial charge in [0.25, 0.3) is 0 Å². The lowest BCUT2D eigenvalue weighted by atomic mass is 10.8. The average molecular weight is 119 g/mol. The summed E-state index contributed by atoms with van der Waals surface area (Å²) in [6, 6.07) is 0. The smallest absolute Gasteiger partial charge is 0.313 e. The summed E-state index contributed by atoms with van der Waals surface area (Å²) >= 11 is 1.31. The van der Waals surface area contributed by atoms with Gasteiger partial charge < -0.3 is 5.11 Å². The van der Waals surface area contributed by atoms with E-state index in [-0.39, 0.29) is 5.75 Å². The maximum atomic E-state index is 9.71. The molecule has 0 bridgehead atoms. The van der Waals surface area contributed by atoms with Crippen molar-refractivity contribution in [3.8, 4) is 0 Å². The normalized spacial score (nSPS) is 8.71. The second-order valence-electron chi connectivity index (χ2n) is 0.946. The van der Waals surface area contributed by atoms with Gasteiger partial charge in [-0.05, 0) is 12.7 Å². The third-order valence-electron chi connectivity index (χ3n) is 0.370. The van der Waals surface area contributed by atoms with E-state index in [1.165, 1.54) is 11.8 Å². The van der Waals surface area contributed by atoms with Crippen LogP contribution in [0.2, 0.25) is 0 Å². The highest BCUT2D eigenvalue weighted by Gasteiger charge is 1.91. The van der Waals surface area contributed by atoms with Gasteiger partial charge in [-0.2, -0.15) is 11.8 Å². The van der Waals surface area contributed by atoms with Crippen molar-refractivity contribution >= 4 is 17.7 Å². The van der Waals surface area contributed by atoms with Gasteiger partial charge in [0, 0.05) is 0 Å². The molecule has 0 saturated carbocycles. The molecule has 0 spiro atoms. The van der Waals surface area contributed by atoms with Crippen LogP contribution in [0.4, 0.5) is 0 Å². The van der Waals surface area contributed by atoms with Crippen LogP contribution in [0.3, 0.4) is 0 Å². The number of thioether (sulfide) groups is 1. The Kier molecular flexibility index (Phi) is 3.89. The van der Waals surface area contributed by atoms with Crippen molar-refractivity contribution in [3.63, 3.8) is 0 Å². The first-order chi connectivity index (χ1) is 3.27. The number of aliphatic carboxylic acids is 1. The van der Waals surface area contributed by atoms with E-state index in [4.69, 9.17) is 5.11 Å². The lowest BCUT2D eigenvalue weighted by Crippen LogP contribution is -1.97. The Morgan fingerprint density at radius 1 is 1.86 bits per heavy atom. The van der Waals surface area contributed by atoms with E-state index in [0.717, 1.165) is 0 Å². The molecule has 1 radical (unpaired) electrons. The van der Waals surface area contributed by atoms with E-state index in [9.17, 15) is 4.79 Å². The highest BCUT2D eigenvalue weighted by atomic mass is 32.2. The average Bonchev–Trinajstić information content (AvgIpc) is 1.61. The van der Waals surface area contributed by atoms with E-state index in [0.29, 0.717) is 5.75 Å². The Hall–Kier alpha value is -0.180. The molecule has 0 saturated heterocycles. The van der Waals surface area contributed by atoms with Gasteiger partial charge in [-0.25, -0.2) is 0 Å². The minimum atomic E-state index is -0.770. The first-order valence-electron chi connectivity index (χ1n) is 1.86. The topological polar surface area (TPSA) is 37.3 Å². The minimum Gasteiger partial charge on any atom is -0.481 e. The zero-order valence-corrected chi connectivity index (χ0v) is 4.70. The summed E-state index contributed by atoms with van der Waals surface area (Å²) in [5.41, 5.74) is 0.